The van der Waals surface area contributed by atoms with Gasteiger partial charge in [0.05, 0.1) is 16.0 Å². The van der Waals surface area contributed by atoms with E-state index in [2.05, 4.69) is 4.98 Å². The lowest BCUT2D eigenvalue weighted by Crippen LogP contribution is -2.08. The molecule has 0 saturated heterocycles. The van der Waals surface area contributed by atoms with E-state index >= 15 is 0 Å². The lowest BCUT2D eigenvalue weighted by atomic mass is 10.1. The highest BCUT2D eigenvalue weighted by molar-refractivity contribution is 5.97. The van der Waals surface area contributed by atoms with Crippen LogP contribution in [-0.4, -0.2) is 20.4 Å². The number of non-ortho nitro benzene ring substituents is 1. The van der Waals surface area contributed by atoms with E-state index in [1.54, 1.807) is 0 Å². The van der Waals surface area contributed by atoms with E-state index in [4.69, 9.17) is 0 Å². The molecule has 0 aliphatic carbocycles. The van der Waals surface area contributed by atoms with Gasteiger partial charge in [-0.1, -0.05) is 0 Å². The number of hydrogen-bond acceptors (Lipinski definition) is 4. The van der Waals surface area contributed by atoms with Gasteiger partial charge in [0.15, 0.2) is 5.52 Å². The van der Waals surface area contributed by atoms with Crippen LogP contribution in [0.1, 0.15) is 22.6 Å². The minimum Gasteiger partial charge on any atom is -0.274 e. The van der Waals surface area contributed by atoms with Crippen LogP contribution in [0.15, 0.2) is 12.1 Å². The van der Waals surface area contributed by atoms with Gasteiger partial charge in [0.1, 0.15) is 5.82 Å². The normalized spacial score (nSPS) is 14.8. The number of carbonyl (C=O) groups is 1. The number of alkyl halides is 3. The van der Waals surface area contributed by atoms with Crippen LogP contribution in [-0.2, 0) is 12.6 Å². The molecule has 1 aromatic carbocycles. The van der Waals surface area contributed by atoms with Crippen molar-refractivity contribution in [2.75, 3.05) is 0 Å². The first-order valence-corrected chi connectivity index (χ1v) is 5.59. The monoisotopic (exact) mass is 285 g/mol. The molecule has 2 heterocycles. The zero-order valence-corrected chi connectivity index (χ0v) is 9.77. The largest absolute Gasteiger partial charge is 0.416 e. The highest BCUT2D eigenvalue weighted by Gasteiger charge is 2.36. The maximum Gasteiger partial charge on any atom is 0.416 e. The van der Waals surface area contributed by atoms with Crippen LogP contribution in [0.25, 0.3) is 11.0 Å². The number of aryl methyl sites for hydroxylation is 1. The molecule has 0 saturated carbocycles. The molecule has 0 N–H and O–H groups in total. The summed E-state index contributed by atoms with van der Waals surface area (Å²) >= 11 is 0. The third-order valence-corrected chi connectivity index (χ3v) is 3.14. The van der Waals surface area contributed by atoms with Crippen LogP contribution in [0, 0.1) is 10.1 Å². The van der Waals surface area contributed by atoms with E-state index < -0.39 is 28.3 Å². The predicted molar refractivity (Wildman–Crippen MR) is 60.3 cm³/mol. The van der Waals surface area contributed by atoms with Gasteiger partial charge in [-0.25, -0.2) is 4.98 Å². The first-order chi connectivity index (χ1) is 9.29. The van der Waals surface area contributed by atoms with Crippen molar-refractivity contribution >= 4 is 22.6 Å². The molecular formula is C11H6F3N3O3. The minimum atomic E-state index is -4.71. The van der Waals surface area contributed by atoms with Crippen LogP contribution < -0.4 is 0 Å². The standard InChI is InChI=1S/C11H6F3N3O3/c12-11(13,14)5-3-6-10(7(4-5)17(19)20)16-8(15-6)1-2-9(16)18/h3-4H,1-2H2. The first kappa shape index (κ1) is 12.6. The Morgan fingerprint density at radius 2 is 2.00 bits per heavy atom. The highest BCUT2D eigenvalue weighted by Crippen LogP contribution is 2.37. The van der Waals surface area contributed by atoms with Crippen molar-refractivity contribution < 1.29 is 22.9 Å². The summed E-state index contributed by atoms with van der Waals surface area (Å²) < 4.78 is 39.2. The maximum absolute atomic E-state index is 12.7. The van der Waals surface area contributed by atoms with Crippen molar-refractivity contribution in [2.24, 2.45) is 0 Å². The first-order valence-electron chi connectivity index (χ1n) is 5.59. The van der Waals surface area contributed by atoms with Crippen LogP contribution in [0.3, 0.4) is 0 Å². The van der Waals surface area contributed by atoms with Crippen molar-refractivity contribution in [1.82, 2.24) is 9.55 Å². The number of rotatable bonds is 1. The Bertz CT molecular complexity index is 764. The summed E-state index contributed by atoms with van der Waals surface area (Å²) in [7, 11) is 0. The molecule has 1 aromatic heterocycles. The molecule has 2 aromatic rings. The Hall–Kier alpha value is -2.45. The number of nitro benzene ring substituents is 1. The molecule has 1 aliphatic rings. The van der Waals surface area contributed by atoms with Crippen molar-refractivity contribution in [3.8, 4) is 0 Å². The van der Waals surface area contributed by atoms with Gasteiger partial charge in [0.2, 0.25) is 5.91 Å². The van der Waals surface area contributed by atoms with Gasteiger partial charge in [-0.05, 0) is 6.07 Å². The molecule has 0 fully saturated rings. The summed E-state index contributed by atoms with van der Waals surface area (Å²) in [6.45, 7) is 0. The van der Waals surface area contributed by atoms with E-state index in [1.807, 2.05) is 0 Å². The third kappa shape index (κ3) is 1.66. The van der Waals surface area contributed by atoms with Crippen molar-refractivity contribution in [2.45, 2.75) is 19.0 Å². The number of benzene rings is 1. The number of aromatic nitrogens is 2. The third-order valence-electron chi connectivity index (χ3n) is 3.14. The smallest absolute Gasteiger partial charge is 0.274 e. The Balaban J connectivity index is 2.40. The van der Waals surface area contributed by atoms with Gasteiger partial charge in [-0.3, -0.25) is 19.5 Å². The molecule has 1 aliphatic heterocycles. The Morgan fingerprint density at radius 3 is 2.60 bits per heavy atom. The minimum absolute atomic E-state index is 0.149. The molecule has 6 nitrogen and oxygen atoms in total. The Labute approximate surface area is 109 Å². The van der Waals surface area contributed by atoms with E-state index in [-0.39, 0.29) is 29.7 Å². The average molecular weight is 285 g/mol. The average Bonchev–Trinajstić information content (AvgIpc) is 2.86. The van der Waals surface area contributed by atoms with Crippen LogP contribution in [0.4, 0.5) is 18.9 Å². The lowest BCUT2D eigenvalue weighted by Gasteiger charge is -2.07. The number of imidazole rings is 1. The number of fused-ring (bicyclic) bond motifs is 3. The van der Waals surface area contributed by atoms with E-state index in [9.17, 15) is 28.1 Å². The summed E-state index contributed by atoms with van der Waals surface area (Å²) in [5, 5.41) is 11.0. The number of halogens is 3. The molecule has 0 unspecified atom stereocenters. The van der Waals surface area contributed by atoms with Crippen molar-refractivity contribution in [3.63, 3.8) is 0 Å². The van der Waals surface area contributed by atoms with E-state index in [0.717, 1.165) is 10.6 Å². The topological polar surface area (TPSA) is 78.0 Å². The summed E-state index contributed by atoms with van der Waals surface area (Å²) in [6, 6.07) is 1.16. The number of hydrogen-bond donors (Lipinski definition) is 0. The number of nitro groups is 1. The molecule has 0 amide bonds. The Kier molecular flexibility index (Phi) is 2.38. The van der Waals surface area contributed by atoms with Crippen molar-refractivity contribution in [3.05, 3.63) is 33.6 Å². The molecular weight excluding hydrogens is 279 g/mol. The van der Waals surface area contributed by atoms with Crippen molar-refractivity contribution in [1.29, 1.82) is 0 Å². The van der Waals surface area contributed by atoms with Gasteiger partial charge in [-0.15, -0.1) is 0 Å². The van der Waals surface area contributed by atoms with Gasteiger partial charge in [0, 0.05) is 18.9 Å². The van der Waals surface area contributed by atoms with Crippen LogP contribution in [0.2, 0.25) is 0 Å². The van der Waals surface area contributed by atoms with Gasteiger partial charge < -0.3 is 0 Å². The molecule has 9 heteroatoms. The fraction of sp³-hybridized carbons (Fsp3) is 0.273. The summed E-state index contributed by atoms with van der Waals surface area (Å²) in [5.74, 6) is -0.141. The van der Waals surface area contributed by atoms with Gasteiger partial charge in [0.25, 0.3) is 5.69 Å². The Morgan fingerprint density at radius 1 is 1.30 bits per heavy atom. The lowest BCUT2D eigenvalue weighted by molar-refractivity contribution is -0.383. The molecule has 0 radical (unpaired) electrons. The second-order valence-electron chi connectivity index (χ2n) is 4.38. The van der Waals surface area contributed by atoms with Gasteiger partial charge in [-0.2, -0.15) is 13.2 Å². The molecule has 3 rings (SSSR count). The molecule has 0 atom stereocenters. The van der Waals surface area contributed by atoms with E-state index in [0.29, 0.717) is 6.07 Å². The van der Waals surface area contributed by atoms with E-state index in [1.165, 1.54) is 0 Å². The number of nitrogens with zero attached hydrogens (tertiary/aromatic N) is 3. The van der Waals surface area contributed by atoms with Gasteiger partial charge >= 0.3 is 6.18 Å². The fourth-order valence-corrected chi connectivity index (χ4v) is 2.31. The zero-order valence-electron chi connectivity index (χ0n) is 9.77. The molecule has 104 valence electrons. The second kappa shape index (κ2) is 3.78. The zero-order chi connectivity index (χ0) is 14.7. The summed E-state index contributed by atoms with van der Waals surface area (Å²) in [4.78, 5) is 25.6. The summed E-state index contributed by atoms with van der Waals surface area (Å²) in [5.41, 5.74) is -2.26. The SMILES string of the molecule is O=C1CCc2nc3cc(C(F)(F)F)cc([N+](=O)[O-])c3n21. The fourth-order valence-electron chi connectivity index (χ4n) is 2.31. The number of carbonyl (C=O) groups excluding carboxylic acids is 1. The highest BCUT2D eigenvalue weighted by atomic mass is 19.4. The summed E-state index contributed by atoms with van der Waals surface area (Å²) in [6.07, 6.45) is -4.29. The van der Waals surface area contributed by atoms with Crippen LogP contribution in [0.5, 0.6) is 0 Å². The molecule has 20 heavy (non-hydrogen) atoms. The quantitative estimate of drug-likeness (QED) is 0.596. The molecule has 0 bridgehead atoms. The van der Waals surface area contributed by atoms with Crippen LogP contribution >= 0.6 is 0 Å². The maximum atomic E-state index is 12.7. The molecule has 0 spiro atoms. The second-order valence-corrected chi connectivity index (χ2v) is 4.38. The predicted octanol–water partition coefficient (Wildman–Crippen LogP) is 2.55.